The van der Waals surface area contributed by atoms with Gasteiger partial charge in [0.25, 0.3) is 7.63 Å². The highest BCUT2D eigenvalue weighted by Gasteiger charge is 2.25. The van der Waals surface area contributed by atoms with Crippen molar-refractivity contribution in [3.8, 4) is 0 Å². The minimum Gasteiger partial charge on any atom is -0.399 e. The van der Waals surface area contributed by atoms with E-state index < -0.39 is 7.63 Å². The molecule has 1 unspecified atom stereocenters. The molecule has 0 radical (unpaired) electrons. The lowest BCUT2D eigenvalue weighted by atomic mass is 10.2. The Balaban J connectivity index is 2.40. The molecule has 0 spiro atoms. The molecule has 0 saturated carbocycles. The van der Waals surface area contributed by atoms with Crippen LogP contribution >= 0.6 is 22.7 Å². The zero-order chi connectivity index (χ0) is 10.4. The standard InChI is InChI=1S/C10H14Cl2OSi/c1-14(12,8-7-11)13-9-10-5-3-2-4-6-10/h2-6H,7-9H2,1H3. The molecule has 1 aromatic rings. The van der Waals surface area contributed by atoms with Crippen LogP contribution in [0.15, 0.2) is 30.3 Å². The molecule has 0 amide bonds. The van der Waals surface area contributed by atoms with Crippen LogP contribution in [0.25, 0.3) is 0 Å². The molecule has 1 atom stereocenters. The lowest BCUT2D eigenvalue weighted by Gasteiger charge is -2.18. The van der Waals surface area contributed by atoms with E-state index in [9.17, 15) is 0 Å². The molecule has 1 aromatic carbocycles. The van der Waals surface area contributed by atoms with Gasteiger partial charge in [-0.1, -0.05) is 30.3 Å². The molecule has 0 aliphatic carbocycles. The van der Waals surface area contributed by atoms with Crippen LogP contribution in [0.4, 0.5) is 0 Å². The lowest BCUT2D eigenvalue weighted by Crippen LogP contribution is -2.27. The molecule has 0 aliphatic rings. The number of hydrogen-bond acceptors (Lipinski definition) is 1. The van der Waals surface area contributed by atoms with Gasteiger partial charge in [0.1, 0.15) is 0 Å². The maximum absolute atomic E-state index is 6.22. The van der Waals surface area contributed by atoms with Gasteiger partial charge in [-0.15, -0.1) is 22.7 Å². The first kappa shape index (κ1) is 12.0. The quantitative estimate of drug-likeness (QED) is 0.438. The smallest absolute Gasteiger partial charge is 0.288 e. The van der Waals surface area contributed by atoms with Gasteiger partial charge in [0.2, 0.25) is 0 Å². The molecule has 14 heavy (non-hydrogen) atoms. The summed E-state index contributed by atoms with van der Waals surface area (Å²) < 4.78 is 5.68. The summed E-state index contributed by atoms with van der Waals surface area (Å²) >= 11 is 11.9. The summed E-state index contributed by atoms with van der Waals surface area (Å²) in [5, 5.41) is 0. The van der Waals surface area contributed by atoms with Crippen molar-refractivity contribution in [1.82, 2.24) is 0 Å². The van der Waals surface area contributed by atoms with Crippen LogP contribution in [0, 0.1) is 0 Å². The second-order valence-corrected chi connectivity index (χ2v) is 9.08. The van der Waals surface area contributed by atoms with E-state index in [1.165, 1.54) is 0 Å². The van der Waals surface area contributed by atoms with Gasteiger partial charge in [0.05, 0.1) is 6.61 Å². The third-order valence-electron chi connectivity index (χ3n) is 1.92. The van der Waals surface area contributed by atoms with E-state index in [2.05, 4.69) is 0 Å². The fourth-order valence-corrected chi connectivity index (χ4v) is 3.82. The minimum atomic E-state index is -2.05. The summed E-state index contributed by atoms with van der Waals surface area (Å²) in [6, 6.07) is 10.8. The van der Waals surface area contributed by atoms with Gasteiger partial charge in [0.15, 0.2) is 0 Å². The van der Waals surface area contributed by atoms with Crippen LogP contribution < -0.4 is 0 Å². The maximum Gasteiger partial charge on any atom is 0.288 e. The van der Waals surface area contributed by atoms with Crippen LogP contribution in [-0.2, 0) is 11.0 Å². The highest BCUT2D eigenvalue weighted by molar-refractivity contribution is 7.16. The Hall–Kier alpha value is -0.0231. The van der Waals surface area contributed by atoms with Crippen molar-refractivity contribution in [2.45, 2.75) is 19.2 Å². The van der Waals surface area contributed by atoms with Crippen LogP contribution in [0.3, 0.4) is 0 Å². The Morgan fingerprint density at radius 2 is 1.93 bits per heavy atom. The van der Waals surface area contributed by atoms with Gasteiger partial charge < -0.3 is 4.43 Å². The van der Waals surface area contributed by atoms with E-state index in [1.807, 2.05) is 36.9 Å². The Labute approximate surface area is 95.8 Å². The molecule has 0 N–H and O–H groups in total. The summed E-state index contributed by atoms with van der Waals surface area (Å²) in [7, 11) is -2.05. The number of halogens is 2. The van der Waals surface area contributed by atoms with Gasteiger partial charge in [-0.25, -0.2) is 0 Å². The monoisotopic (exact) mass is 248 g/mol. The predicted octanol–water partition coefficient (Wildman–Crippen LogP) is 3.75. The third kappa shape index (κ3) is 4.47. The highest BCUT2D eigenvalue weighted by atomic mass is 35.6. The topological polar surface area (TPSA) is 9.23 Å². The van der Waals surface area contributed by atoms with Crippen molar-refractivity contribution in [2.75, 3.05) is 5.88 Å². The van der Waals surface area contributed by atoms with Crippen molar-refractivity contribution in [1.29, 1.82) is 0 Å². The Bertz CT molecular complexity index is 264. The summed E-state index contributed by atoms with van der Waals surface area (Å²) in [6.45, 7) is 2.56. The molecule has 4 heteroatoms. The van der Waals surface area contributed by atoms with Crippen LogP contribution in [-0.4, -0.2) is 13.5 Å². The van der Waals surface area contributed by atoms with Gasteiger partial charge in [0, 0.05) is 5.88 Å². The molecular weight excluding hydrogens is 235 g/mol. The van der Waals surface area contributed by atoms with Crippen molar-refractivity contribution in [3.05, 3.63) is 35.9 Å². The van der Waals surface area contributed by atoms with Gasteiger partial charge in [-0.3, -0.25) is 0 Å². The number of benzene rings is 1. The van der Waals surface area contributed by atoms with E-state index in [-0.39, 0.29) is 0 Å². The molecular formula is C10H14Cl2OSi. The zero-order valence-corrected chi connectivity index (χ0v) is 10.7. The van der Waals surface area contributed by atoms with E-state index in [4.69, 9.17) is 27.1 Å². The highest BCUT2D eigenvalue weighted by Crippen LogP contribution is 2.19. The zero-order valence-electron chi connectivity index (χ0n) is 8.17. The van der Waals surface area contributed by atoms with Gasteiger partial charge >= 0.3 is 0 Å². The number of hydrogen-bond donors (Lipinski definition) is 0. The maximum atomic E-state index is 6.22. The molecule has 0 bridgehead atoms. The van der Waals surface area contributed by atoms with Crippen molar-refractivity contribution < 1.29 is 4.43 Å². The average Bonchev–Trinajstić information content (AvgIpc) is 2.17. The van der Waals surface area contributed by atoms with Crippen molar-refractivity contribution >= 4 is 30.3 Å². The Kier molecular flexibility index (Phi) is 4.96. The lowest BCUT2D eigenvalue weighted by molar-refractivity contribution is 0.305. The molecule has 0 aliphatic heterocycles. The summed E-state index contributed by atoms with van der Waals surface area (Å²) in [6.07, 6.45) is 0. The molecule has 1 rings (SSSR count). The summed E-state index contributed by atoms with van der Waals surface area (Å²) in [4.78, 5) is 0. The second-order valence-electron chi connectivity index (χ2n) is 3.32. The summed E-state index contributed by atoms with van der Waals surface area (Å²) in [5.74, 6) is 0.570. The molecule has 78 valence electrons. The Morgan fingerprint density at radius 3 is 2.50 bits per heavy atom. The number of alkyl halides is 1. The van der Waals surface area contributed by atoms with E-state index in [0.717, 1.165) is 11.6 Å². The largest absolute Gasteiger partial charge is 0.399 e. The normalized spacial score (nSPS) is 15.1. The second kappa shape index (κ2) is 5.76. The van der Waals surface area contributed by atoms with Crippen LogP contribution in [0.1, 0.15) is 5.56 Å². The van der Waals surface area contributed by atoms with Crippen molar-refractivity contribution in [3.63, 3.8) is 0 Å². The molecule has 1 nitrogen and oxygen atoms in total. The van der Waals surface area contributed by atoms with E-state index in [1.54, 1.807) is 0 Å². The fourth-order valence-electron chi connectivity index (χ4n) is 1.05. The molecule has 0 fully saturated rings. The number of rotatable bonds is 5. The summed E-state index contributed by atoms with van der Waals surface area (Å²) in [5.41, 5.74) is 1.15. The van der Waals surface area contributed by atoms with Crippen LogP contribution in [0.5, 0.6) is 0 Å². The average molecular weight is 249 g/mol. The molecule has 0 saturated heterocycles. The van der Waals surface area contributed by atoms with E-state index >= 15 is 0 Å². The van der Waals surface area contributed by atoms with Gasteiger partial charge in [-0.2, -0.15) is 0 Å². The van der Waals surface area contributed by atoms with Crippen molar-refractivity contribution in [2.24, 2.45) is 0 Å². The van der Waals surface area contributed by atoms with Crippen LogP contribution in [0.2, 0.25) is 12.6 Å². The van der Waals surface area contributed by atoms with E-state index in [0.29, 0.717) is 12.5 Å². The first-order valence-corrected chi connectivity index (χ1v) is 8.73. The fraction of sp³-hybridized carbons (Fsp3) is 0.400. The molecule has 0 heterocycles. The first-order chi connectivity index (χ1) is 6.64. The first-order valence-electron chi connectivity index (χ1n) is 4.57. The van der Waals surface area contributed by atoms with Gasteiger partial charge in [-0.05, 0) is 18.2 Å². The Morgan fingerprint density at radius 1 is 1.29 bits per heavy atom. The minimum absolute atomic E-state index is 0.570. The predicted molar refractivity (Wildman–Crippen MR) is 64.2 cm³/mol. The third-order valence-corrected chi connectivity index (χ3v) is 5.21. The SMILES string of the molecule is C[Si](Cl)(CCCl)OCc1ccccc1. The molecule has 0 aromatic heterocycles.